The van der Waals surface area contributed by atoms with Crippen LogP contribution in [0.3, 0.4) is 0 Å². The minimum absolute atomic E-state index is 0.0335. The molecule has 13 N–H and O–H groups in total. The molecule has 7 aromatic heterocycles. The fourth-order valence-electron chi connectivity index (χ4n) is 15.2. The van der Waals surface area contributed by atoms with E-state index >= 15 is 0 Å². The number of hydrogen-bond donors (Lipinski definition) is 10. The number of nitrogens with two attached hydrogens (primary N) is 3. The topological polar surface area (TPSA) is 471 Å². The largest absolute Gasteiger partial charge is 0.393 e. The minimum Gasteiger partial charge on any atom is -0.393 e. The highest BCUT2D eigenvalue weighted by Crippen LogP contribution is 2.45. The van der Waals surface area contributed by atoms with Crippen LogP contribution >= 0.6 is 80.4 Å². The lowest BCUT2D eigenvalue weighted by molar-refractivity contribution is 0.0699. The molecule has 31 nitrogen and oxygen atoms in total. The summed E-state index contributed by atoms with van der Waals surface area (Å²) in [5.74, 6) is -1.05. The molecule has 3 saturated carbocycles. The number of anilines is 3. The van der Waals surface area contributed by atoms with E-state index in [9.17, 15) is 55.0 Å². The molecule has 12 atom stereocenters. The van der Waals surface area contributed by atoms with Gasteiger partial charge in [0, 0.05) is 89.4 Å². The summed E-state index contributed by atoms with van der Waals surface area (Å²) in [6.45, 7) is 3.49. The maximum absolute atomic E-state index is 13.6. The molecule has 113 heavy (non-hydrogen) atoms. The van der Waals surface area contributed by atoms with Crippen LogP contribution in [-0.4, -0.2) is 174 Å². The molecule has 9 aromatic rings. The highest BCUT2D eigenvalue weighted by Gasteiger charge is 2.41. The molecule has 0 radical (unpaired) electrons. The second kappa shape index (κ2) is 35.4. The summed E-state index contributed by atoms with van der Waals surface area (Å²) in [5, 5.41) is 64.6. The number of aliphatic hydroxyl groups is 3. The lowest BCUT2D eigenvalue weighted by atomic mass is 9.79. The Bertz CT molecular complexity index is 5410. The Morgan fingerprint density at radius 2 is 1.08 bits per heavy atom. The number of ether oxygens (including phenoxy) is 1. The second-order valence-electron chi connectivity index (χ2n) is 28.3. The fourth-order valence-corrected chi connectivity index (χ4v) is 19.9. The average Bonchev–Trinajstić information content (AvgIpc) is 1.69. The van der Waals surface area contributed by atoms with Crippen LogP contribution in [0.2, 0.25) is 19.5 Å². The van der Waals surface area contributed by atoms with Gasteiger partial charge in [-0.3, -0.25) is 31.8 Å². The van der Waals surface area contributed by atoms with Crippen molar-refractivity contribution in [3.63, 3.8) is 0 Å². The van der Waals surface area contributed by atoms with Gasteiger partial charge in [0.15, 0.2) is 0 Å². The quantitative estimate of drug-likeness (QED) is 0.0201. The number of nitrogens with zero attached hydrogens (tertiary/aromatic N) is 8. The molecule has 0 spiro atoms. The first-order chi connectivity index (χ1) is 53.7. The van der Waals surface area contributed by atoms with Crippen molar-refractivity contribution in [2.75, 3.05) is 56.0 Å². The smallest absolute Gasteiger partial charge is 0.333 e. The molecule has 15 rings (SSSR count). The van der Waals surface area contributed by atoms with E-state index in [0.29, 0.717) is 120 Å². The number of fused-ring (bicyclic) bond motifs is 3. The van der Waals surface area contributed by atoms with E-state index in [-0.39, 0.29) is 66.9 Å². The first kappa shape index (κ1) is 83.8. The molecule has 0 bridgehead atoms. The molecule has 600 valence electrons. The van der Waals surface area contributed by atoms with Crippen LogP contribution in [0.25, 0.3) is 0 Å². The van der Waals surface area contributed by atoms with Crippen molar-refractivity contribution in [1.29, 1.82) is 0 Å². The van der Waals surface area contributed by atoms with Crippen LogP contribution in [0.5, 0.6) is 0 Å². The van der Waals surface area contributed by atoms with Crippen LogP contribution in [0, 0.1) is 17.8 Å². The van der Waals surface area contributed by atoms with E-state index in [1.807, 2.05) is 60.3 Å². The number of ketones is 3. The van der Waals surface area contributed by atoms with Gasteiger partial charge >= 0.3 is 30.9 Å². The maximum Gasteiger partial charge on any atom is 0.333 e. The van der Waals surface area contributed by atoms with E-state index in [1.165, 1.54) is 76.9 Å². The van der Waals surface area contributed by atoms with Gasteiger partial charge in [-0.05, 0) is 169 Å². The number of nitrogens with one attached hydrogen (secondary N) is 4. The summed E-state index contributed by atoms with van der Waals surface area (Å²) in [4.78, 5) is 73.4. The Balaban J connectivity index is 0.000000148. The minimum atomic E-state index is -4.11. The van der Waals surface area contributed by atoms with E-state index in [4.69, 9.17) is 66.6 Å². The lowest BCUT2D eigenvalue weighted by Crippen LogP contribution is -2.45. The Morgan fingerprint density at radius 3 is 1.61 bits per heavy atom. The zero-order valence-electron chi connectivity index (χ0n) is 60.1. The van der Waals surface area contributed by atoms with Crippen LogP contribution in [0.4, 0.5) is 17.5 Å². The molecular formula is C72H77Cl4N15O16S6. The molecule has 41 heteroatoms. The van der Waals surface area contributed by atoms with Crippen LogP contribution < -0.4 is 36.7 Å². The van der Waals surface area contributed by atoms with E-state index in [2.05, 4.69) is 86.6 Å². The van der Waals surface area contributed by atoms with Crippen LogP contribution in [-0.2, 0) is 73.1 Å². The number of pyridine rings is 1. The van der Waals surface area contributed by atoms with Gasteiger partial charge in [-0.2, -0.15) is 25.3 Å². The first-order valence-corrected chi connectivity index (χ1v) is 43.9. The summed E-state index contributed by atoms with van der Waals surface area (Å²) in [7, 11) is -10.3. The summed E-state index contributed by atoms with van der Waals surface area (Å²) >= 11 is 29.1. The predicted octanol–water partition coefficient (Wildman–Crippen LogP) is 8.24. The van der Waals surface area contributed by atoms with Gasteiger partial charge in [0.25, 0.3) is 0 Å². The highest BCUT2D eigenvalue weighted by molar-refractivity contribution is 7.84. The Morgan fingerprint density at radius 1 is 0.584 bits per heavy atom. The zero-order valence-corrected chi connectivity index (χ0v) is 68.1. The predicted molar refractivity (Wildman–Crippen MR) is 425 cm³/mol. The molecule has 3 aliphatic heterocycles. The first-order valence-electron chi connectivity index (χ1n) is 35.4. The number of hydrogen-bond acceptors (Lipinski definition) is 31. The SMILES string of the molecule is CC1(c2csc(C(=O)c3cncnc3N[C@@H]3C[C@H](COS(N)(=O)=O)[C@@H](O)C3)c2)NCCc2ccc(Cl)cc21.CN1Cc2cc(Cl)ccc2C1c1csc(C(=O)c2cncnc2N[C@@H]2C[C@H](COS(N)(=O)=O)[C@@H](O)C2)c1.NS(=O)(=O)OC[C@H]1C[C@@H](Nc2ncncc2C(=O)c2cc(C3OCCc4cnc(Cl)cc43)c(Cl)s2)C[C@@H]1O. The molecule has 3 fully saturated rings. The van der Waals surface area contributed by atoms with Crippen molar-refractivity contribution in [2.24, 2.45) is 33.2 Å². The van der Waals surface area contributed by atoms with Crippen molar-refractivity contribution < 1.29 is 72.2 Å². The molecule has 2 aromatic carbocycles. The van der Waals surface area contributed by atoms with E-state index in [0.717, 1.165) is 58.7 Å². The monoisotopic (exact) mass is 1740 g/mol. The van der Waals surface area contributed by atoms with Gasteiger partial charge in [0.1, 0.15) is 47.7 Å². The number of carbonyl (C=O) groups is 3. The number of aromatic nitrogens is 7. The van der Waals surface area contributed by atoms with Gasteiger partial charge in [-0.25, -0.2) is 50.3 Å². The number of aliphatic hydroxyl groups excluding tert-OH is 3. The van der Waals surface area contributed by atoms with Crippen LogP contribution in [0.15, 0.2) is 115 Å². The summed E-state index contributed by atoms with van der Waals surface area (Å²) < 4.78 is 87.0. The second-order valence-corrected chi connectivity index (χ2v) is 36.7. The summed E-state index contributed by atoms with van der Waals surface area (Å²) in [5.41, 5.74) is 9.57. The number of benzene rings is 2. The molecule has 0 amide bonds. The third kappa shape index (κ3) is 20.3. The van der Waals surface area contributed by atoms with E-state index < -0.39 is 78.6 Å². The van der Waals surface area contributed by atoms with Gasteiger partial charge in [-0.15, -0.1) is 34.0 Å². The third-order valence-electron chi connectivity index (χ3n) is 20.7. The van der Waals surface area contributed by atoms with Crippen molar-refractivity contribution in [2.45, 2.75) is 119 Å². The van der Waals surface area contributed by atoms with Crippen molar-refractivity contribution in [3.8, 4) is 0 Å². The molecule has 10 heterocycles. The van der Waals surface area contributed by atoms with Crippen molar-refractivity contribution >= 4 is 146 Å². The molecular weight excluding hydrogens is 1670 g/mol. The maximum atomic E-state index is 13.6. The average molecular weight is 1740 g/mol. The number of halogens is 4. The third-order valence-corrected chi connectivity index (χ3v) is 26.0. The van der Waals surface area contributed by atoms with Gasteiger partial charge in [0.2, 0.25) is 17.3 Å². The molecule has 3 unspecified atom stereocenters. The summed E-state index contributed by atoms with van der Waals surface area (Å²) in [6.07, 6.45) is 11.1. The van der Waals surface area contributed by atoms with Crippen molar-refractivity contribution in [3.05, 3.63) is 216 Å². The van der Waals surface area contributed by atoms with Crippen LogP contribution in [0.1, 0.15) is 153 Å². The highest BCUT2D eigenvalue weighted by atomic mass is 35.5. The zero-order chi connectivity index (χ0) is 80.4. The lowest BCUT2D eigenvalue weighted by Gasteiger charge is -2.37. The van der Waals surface area contributed by atoms with Gasteiger partial charge in [0.05, 0.1) is 92.0 Å². The summed E-state index contributed by atoms with van der Waals surface area (Å²) in [6, 6.07) is 18.4. The van der Waals surface area contributed by atoms with Gasteiger partial charge < -0.3 is 41.3 Å². The molecule has 6 aliphatic rings. The number of thiophene rings is 3. The standard InChI is InChI=1S/C25H28ClN5O5S2.C24H26ClN5O5S2.C23H23Cl2N5O6S2/c1-25(20-8-17(26)3-2-14(20)4-5-30-25)16-7-22(37-12-16)23(33)19-10-28-13-29-24(19)31-18-6-15(21(32)9-18)11-36-38(27,34)35;1-30-9-13-4-16(25)2-3-18(13)22(30)15-6-21(36-11-15)23(32)19-8-27-12-28-24(19)29-17-5-14(20(31)7-17)10-35-37(26,33)34;24-19-6-14-11(7-28-19)1-2-35-21(14)15-5-18(37-22(15)25)20(32)16-8-27-10-29-23(16)30-13-3-12(17(31)4-13)9-36-38(26,33)34/h2-3,7-8,10,12-13,15,18,21,30,32H,4-6,9,11H2,1H3,(H2,27,34,35)(H,28,29,31);2-4,6,8,11-12,14,17,20,22,31H,5,7,9-10H2,1H3,(H2,26,33,34)(H,27,28,29);5-8,10,12-13,17,21,31H,1-4,9H2,(H2,26,33,34)(H,27,29,30)/t15-,18-,21+,25?;14-,17-,20+,22?;12-,13-,17+,21?/m111/s1. The Labute approximate surface area is 682 Å². The molecule has 0 saturated heterocycles. The fraction of sp³-hybridized carbons (Fsp3) is 0.389. The van der Waals surface area contributed by atoms with E-state index in [1.54, 1.807) is 18.3 Å². The Kier molecular flexibility index (Phi) is 26.2. The van der Waals surface area contributed by atoms with Gasteiger partial charge in [-0.1, -0.05) is 58.5 Å². The molecule has 3 aliphatic carbocycles. The normalized spacial score (nSPS) is 24.1. The van der Waals surface area contributed by atoms with Crippen molar-refractivity contribution in [1.82, 2.24) is 45.1 Å². The number of carbonyl (C=O) groups excluding carboxylic acids is 3. The Hall–Kier alpha value is -7.13. The number of rotatable bonds is 24.